The van der Waals surface area contributed by atoms with Crippen LogP contribution in [0, 0.1) is 11.8 Å². The standard InChI is InChI=1S/C10H19NO/c1-3-9(11)8-6-7(2)4-5-10(8)12/h7-9H,3-6,11H2,1-2H3. The normalized spacial score (nSPS) is 33.4. The molecule has 0 amide bonds. The van der Waals surface area contributed by atoms with Gasteiger partial charge in [0, 0.05) is 18.4 Å². The molecule has 2 nitrogen and oxygen atoms in total. The molecule has 0 aromatic carbocycles. The second kappa shape index (κ2) is 4.04. The van der Waals surface area contributed by atoms with E-state index in [0.717, 1.165) is 25.7 Å². The molecule has 0 aliphatic heterocycles. The van der Waals surface area contributed by atoms with Crippen LogP contribution in [0.4, 0.5) is 0 Å². The van der Waals surface area contributed by atoms with Crippen LogP contribution in [0.5, 0.6) is 0 Å². The van der Waals surface area contributed by atoms with E-state index >= 15 is 0 Å². The lowest BCUT2D eigenvalue weighted by Crippen LogP contribution is -2.38. The average Bonchev–Trinajstić information content (AvgIpc) is 2.08. The number of carbonyl (C=O) groups is 1. The number of rotatable bonds is 2. The molecule has 1 saturated carbocycles. The molecule has 2 N–H and O–H groups in total. The van der Waals surface area contributed by atoms with Crippen molar-refractivity contribution in [3.63, 3.8) is 0 Å². The molecule has 1 aliphatic carbocycles. The van der Waals surface area contributed by atoms with E-state index in [9.17, 15) is 4.79 Å². The Labute approximate surface area is 74.5 Å². The number of ketones is 1. The quantitative estimate of drug-likeness (QED) is 0.684. The van der Waals surface area contributed by atoms with Gasteiger partial charge in [0.25, 0.3) is 0 Å². The van der Waals surface area contributed by atoms with E-state index in [1.165, 1.54) is 0 Å². The fraction of sp³-hybridized carbons (Fsp3) is 0.900. The summed E-state index contributed by atoms with van der Waals surface area (Å²) in [6.07, 6.45) is 3.74. The summed E-state index contributed by atoms with van der Waals surface area (Å²) in [6, 6.07) is 0.0975. The first kappa shape index (κ1) is 9.72. The summed E-state index contributed by atoms with van der Waals surface area (Å²) >= 11 is 0. The van der Waals surface area contributed by atoms with Gasteiger partial charge in [-0.25, -0.2) is 0 Å². The Hall–Kier alpha value is -0.370. The van der Waals surface area contributed by atoms with Gasteiger partial charge in [0.2, 0.25) is 0 Å². The highest BCUT2D eigenvalue weighted by Crippen LogP contribution is 2.28. The third-order valence-electron chi connectivity index (χ3n) is 2.94. The summed E-state index contributed by atoms with van der Waals surface area (Å²) in [7, 11) is 0. The highest BCUT2D eigenvalue weighted by molar-refractivity contribution is 5.82. The lowest BCUT2D eigenvalue weighted by atomic mass is 9.77. The summed E-state index contributed by atoms with van der Waals surface area (Å²) in [5.41, 5.74) is 5.88. The number of hydrogen-bond acceptors (Lipinski definition) is 2. The van der Waals surface area contributed by atoms with Crippen molar-refractivity contribution in [1.29, 1.82) is 0 Å². The molecule has 12 heavy (non-hydrogen) atoms. The maximum Gasteiger partial charge on any atom is 0.137 e. The fourth-order valence-corrected chi connectivity index (χ4v) is 1.95. The Morgan fingerprint density at radius 3 is 2.92 bits per heavy atom. The van der Waals surface area contributed by atoms with Crippen LogP contribution in [0.2, 0.25) is 0 Å². The van der Waals surface area contributed by atoms with Gasteiger partial charge in [-0.05, 0) is 25.2 Å². The van der Waals surface area contributed by atoms with E-state index in [4.69, 9.17) is 5.73 Å². The van der Waals surface area contributed by atoms with E-state index in [-0.39, 0.29) is 12.0 Å². The van der Waals surface area contributed by atoms with Crippen LogP contribution in [0.3, 0.4) is 0 Å². The van der Waals surface area contributed by atoms with Gasteiger partial charge in [-0.2, -0.15) is 0 Å². The SMILES string of the molecule is CCC(N)C1CC(C)CCC1=O. The maximum atomic E-state index is 11.5. The fourth-order valence-electron chi connectivity index (χ4n) is 1.95. The van der Waals surface area contributed by atoms with E-state index in [1.807, 2.05) is 0 Å². The maximum absolute atomic E-state index is 11.5. The molecule has 1 fully saturated rings. The predicted molar refractivity (Wildman–Crippen MR) is 49.8 cm³/mol. The molecule has 1 rings (SSSR count). The first-order chi connectivity index (χ1) is 5.65. The molecule has 3 unspecified atom stereocenters. The third-order valence-corrected chi connectivity index (χ3v) is 2.94. The van der Waals surface area contributed by atoms with Gasteiger partial charge in [-0.3, -0.25) is 4.79 Å². The zero-order chi connectivity index (χ0) is 9.14. The minimum atomic E-state index is 0.0975. The van der Waals surface area contributed by atoms with E-state index in [1.54, 1.807) is 0 Å². The summed E-state index contributed by atoms with van der Waals surface area (Å²) in [5, 5.41) is 0. The van der Waals surface area contributed by atoms with Crippen molar-refractivity contribution >= 4 is 5.78 Å². The highest BCUT2D eigenvalue weighted by atomic mass is 16.1. The average molecular weight is 169 g/mol. The Morgan fingerprint density at radius 1 is 1.67 bits per heavy atom. The van der Waals surface area contributed by atoms with E-state index in [0.29, 0.717) is 11.7 Å². The van der Waals surface area contributed by atoms with Gasteiger partial charge >= 0.3 is 0 Å². The van der Waals surface area contributed by atoms with Crippen molar-refractivity contribution in [1.82, 2.24) is 0 Å². The smallest absolute Gasteiger partial charge is 0.137 e. The van der Waals surface area contributed by atoms with Crippen molar-refractivity contribution in [2.75, 3.05) is 0 Å². The molecular formula is C10H19NO. The lowest BCUT2D eigenvalue weighted by molar-refractivity contribution is -0.126. The molecular weight excluding hydrogens is 150 g/mol. The second-order valence-electron chi connectivity index (χ2n) is 4.02. The summed E-state index contributed by atoms with van der Waals surface area (Å²) in [4.78, 5) is 11.5. The molecule has 70 valence electrons. The second-order valence-corrected chi connectivity index (χ2v) is 4.02. The van der Waals surface area contributed by atoms with Crippen LogP contribution < -0.4 is 5.73 Å². The topological polar surface area (TPSA) is 43.1 Å². The van der Waals surface area contributed by atoms with Gasteiger partial charge in [-0.15, -0.1) is 0 Å². The first-order valence-corrected chi connectivity index (χ1v) is 4.93. The number of hydrogen-bond donors (Lipinski definition) is 1. The van der Waals surface area contributed by atoms with Crippen molar-refractivity contribution < 1.29 is 4.79 Å². The van der Waals surface area contributed by atoms with Gasteiger partial charge in [-0.1, -0.05) is 13.8 Å². The zero-order valence-corrected chi connectivity index (χ0v) is 8.05. The van der Waals surface area contributed by atoms with E-state index < -0.39 is 0 Å². The van der Waals surface area contributed by atoms with Crippen LogP contribution in [-0.4, -0.2) is 11.8 Å². The van der Waals surface area contributed by atoms with Crippen molar-refractivity contribution in [2.45, 2.75) is 45.6 Å². The number of nitrogens with two attached hydrogens (primary N) is 1. The minimum absolute atomic E-state index is 0.0975. The Balaban J connectivity index is 2.54. The zero-order valence-electron chi connectivity index (χ0n) is 8.05. The van der Waals surface area contributed by atoms with Gasteiger partial charge in [0.05, 0.1) is 0 Å². The van der Waals surface area contributed by atoms with Crippen LogP contribution in [0.1, 0.15) is 39.5 Å². The molecule has 3 atom stereocenters. The van der Waals surface area contributed by atoms with Crippen molar-refractivity contribution in [2.24, 2.45) is 17.6 Å². The summed E-state index contributed by atoms with van der Waals surface area (Å²) < 4.78 is 0. The van der Waals surface area contributed by atoms with Gasteiger partial charge in [0.1, 0.15) is 5.78 Å². The molecule has 0 spiro atoms. The Bertz CT molecular complexity index is 167. The van der Waals surface area contributed by atoms with Gasteiger partial charge < -0.3 is 5.73 Å². The molecule has 0 bridgehead atoms. The van der Waals surface area contributed by atoms with Crippen LogP contribution in [-0.2, 0) is 4.79 Å². The predicted octanol–water partition coefficient (Wildman–Crippen LogP) is 1.73. The van der Waals surface area contributed by atoms with Crippen LogP contribution >= 0.6 is 0 Å². The number of carbonyl (C=O) groups excluding carboxylic acids is 1. The lowest BCUT2D eigenvalue weighted by Gasteiger charge is -2.29. The largest absolute Gasteiger partial charge is 0.327 e. The van der Waals surface area contributed by atoms with Crippen molar-refractivity contribution in [3.05, 3.63) is 0 Å². The monoisotopic (exact) mass is 169 g/mol. The molecule has 0 radical (unpaired) electrons. The summed E-state index contributed by atoms with van der Waals surface area (Å²) in [6.45, 7) is 4.26. The molecule has 2 heteroatoms. The minimum Gasteiger partial charge on any atom is -0.327 e. The molecule has 1 aliphatic rings. The Morgan fingerprint density at radius 2 is 2.33 bits per heavy atom. The van der Waals surface area contributed by atoms with Crippen molar-refractivity contribution in [3.8, 4) is 0 Å². The molecule has 0 saturated heterocycles. The van der Waals surface area contributed by atoms with E-state index in [2.05, 4.69) is 13.8 Å². The summed E-state index contributed by atoms with van der Waals surface area (Å²) in [5.74, 6) is 1.23. The highest BCUT2D eigenvalue weighted by Gasteiger charge is 2.29. The number of Topliss-reactive ketones (excluding diaryl/α,β-unsaturated/α-hetero) is 1. The van der Waals surface area contributed by atoms with Gasteiger partial charge in [0.15, 0.2) is 0 Å². The van der Waals surface area contributed by atoms with Crippen LogP contribution in [0.15, 0.2) is 0 Å². The Kier molecular flexibility index (Phi) is 3.27. The third kappa shape index (κ3) is 2.07. The molecule has 0 heterocycles. The molecule has 0 aromatic heterocycles. The first-order valence-electron chi connectivity index (χ1n) is 4.93. The molecule has 0 aromatic rings. The van der Waals surface area contributed by atoms with Crippen LogP contribution in [0.25, 0.3) is 0 Å².